The van der Waals surface area contributed by atoms with Gasteiger partial charge in [0, 0.05) is 21.3 Å². The van der Waals surface area contributed by atoms with Gasteiger partial charge in [-0.25, -0.2) is 0 Å². The Morgan fingerprint density at radius 3 is 2.55 bits per heavy atom. The maximum atomic E-state index is 12.2. The van der Waals surface area contributed by atoms with E-state index in [0.717, 1.165) is 5.56 Å². The topological polar surface area (TPSA) is 55.1 Å². The molecular weight excluding hydrogens is 295 g/mol. The predicted octanol–water partition coefficient (Wildman–Crippen LogP) is 4.07. The van der Waals surface area contributed by atoms with Crippen LogP contribution in [0.4, 0.5) is 5.69 Å². The highest BCUT2D eigenvalue weighted by Crippen LogP contribution is 2.20. The highest BCUT2D eigenvalue weighted by atomic mass is 35.5. The number of nitrogens with two attached hydrogens (primary N) is 1. The van der Waals surface area contributed by atoms with E-state index >= 15 is 0 Å². The van der Waals surface area contributed by atoms with Gasteiger partial charge < -0.3 is 11.1 Å². The number of carbonyl (C=O) groups excluding carboxylic acids is 1. The average molecular weight is 309 g/mol. The predicted molar refractivity (Wildman–Crippen MR) is 83.2 cm³/mol. The zero-order chi connectivity index (χ0) is 14.7. The highest BCUT2D eigenvalue weighted by molar-refractivity contribution is 6.31. The SMILES string of the molecule is C[C@@H](NC(=O)c1cc(N)cc(Cl)c1)c1cccc(Cl)c1. The zero-order valence-corrected chi connectivity index (χ0v) is 12.4. The van der Waals surface area contributed by atoms with Crippen LogP contribution in [0.5, 0.6) is 0 Å². The molecule has 0 saturated carbocycles. The summed E-state index contributed by atoms with van der Waals surface area (Å²) in [6.07, 6.45) is 0. The molecule has 0 fully saturated rings. The van der Waals surface area contributed by atoms with Crippen molar-refractivity contribution in [3.63, 3.8) is 0 Å². The lowest BCUT2D eigenvalue weighted by Crippen LogP contribution is -2.26. The largest absolute Gasteiger partial charge is 0.399 e. The fourth-order valence-corrected chi connectivity index (χ4v) is 2.32. The Balaban J connectivity index is 2.15. The summed E-state index contributed by atoms with van der Waals surface area (Å²) in [6, 6.07) is 12.0. The highest BCUT2D eigenvalue weighted by Gasteiger charge is 2.12. The number of hydrogen-bond donors (Lipinski definition) is 2. The Morgan fingerprint density at radius 2 is 1.90 bits per heavy atom. The molecule has 2 aromatic rings. The minimum absolute atomic E-state index is 0.165. The van der Waals surface area contributed by atoms with Crippen molar-refractivity contribution in [2.45, 2.75) is 13.0 Å². The minimum Gasteiger partial charge on any atom is -0.399 e. The summed E-state index contributed by atoms with van der Waals surface area (Å²) in [5, 5.41) is 3.95. The number of nitrogens with one attached hydrogen (secondary N) is 1. The molecule has 0 aliphatic carbocycles. The van der Waals surface area contributed by atoms with Gasteiger partial charge in [-0.15, -0.1) is 0 Å². The van der Waals surface area contributed by atoms with Crippen LogP contribution in [0.1, 0.15) is 28.9 Å². The molecule has 20 heavy (non-hydrogen) atoms. The molecule has 3 N–H and O–H groups in total. The van der Waals surface area contributed by atoms with Crippen LogP contribution < -0.4 is 11.1 Å². The molecule has 104 valence electrons. The van der Waals surface area contributed by atoms with E-state index in [1.54, 1.807) is 24.3 Å². The first-order valence-electron chi connectivity index (χ1n) is 6.08. The van der Waals surface area contributed by atoms with Gasteiger partial charge in [-0.2, -0.15) is 0 Å². The van der Waals surface area contributed by atoms with Gasteiger partial charge in [-0.1, -0.05) is 35.3 Å². The number of carbonyl (C=O) groups is 1. The van der Waals surface area contributed by atoms with E-state index < -0.39 is 0 Å². The van der Waals surface area contributed by atoms with Gasteiger partial charge in [0.25, 0.3) is 5.91 Å². The van der Waals surface area contributed by atoms with Crippen LogP contribution in [0.2, 0.25) is 10.0 Å². The second kappa shape index (κ2) is 6.16. The Kier molecular flexibility index (Phi) is 4.53. The van der Waals surface area contributed by atoms with Crippen molar-refractivity contribution in [3.05, 3.63) is 63.6 Å². The summed E-state index contributed by atoms with van der Waals surface area (Å²) in [4.78, 5) is 12.2. The molecule has 0 spiro atoms. The van der Waals surface area contributed by atoms with Crippen LogP contribution in [0, 0.1) is 0 Å². The maximum absolute atomic E-state index is 12.2. The van der Waals surface area contributed by atoms with Crippen LogP contribution in [0.25, 0.3) is 0 Å². The van der Waals surface area contributed by atoms with Crippen LogP contribution in [0.3, 0.4) is 0 Å². The molecule has 0 bridgehead atoms. The molecule has 3 nitrogen and oxygen atoms in total. The molecule has 0 aromatic heterocycles. The van der Waals surface area contributed by atoms with Crippen molar-refractivity contribution in [3.8, 4) is 0 Å². The second-order valence-corrected chi connectivity index (χ2v) is 5.40. The van der Waals surface area contributed by atoms with Gasteiger partial charge >= 0.3 is 0 Å². The maximum Gasteiger partial charge on any atom is 0.251 e. The summed E-state index contributed by atoms with van der Waals surface area (Å²) in [6.45, 7) is 1.89. The number of anilines is 1. The molecule has 5 heteroatoms. The number of amides is 1. The van der Waals surface area contributed by atoms with Crippen molar-refractivity contribution < 1.29 is 4.79 Å². The number of rotatable bonds is 3. The molecule has 2 aromatic carbocycles. The van der Waals surface area contributed by atoms with Gasteiger partial charge in [0.15, 0.2) is 0 Å². The van der Waals surface area contributed by atoms with Crippen molar-refractivity contribution in [2.75, 3.05) is 5.73 Å². The first-order chi connectivity index (χ1) is 9.45. The molecule has 1 amide bonds. The quantitative estimate of drug-likeness (QED) is 0.840. The van der Waals surface area contributed by atoms with Gasteiger partial charge in [0.05, 0.1) is 6.04 Å². The van der Waals surface area contributed by atoms with E-state index in [1.807, 2.05) is 25.1 Å². The van der Waals surface area contributed by atoms with Crippen LogP contribution in [-0.2, 0) is 0 Å². The Labute approximate surface area is 127 Å². The van der Waals surface area contributed by atoms with E-state index in [4.69, 9.17) is 28.9 Å². The minimum atomic E-state index is -0.230. The van der Waals surface area contributed by atoms with Crippen LogP contribution in [-0.4, -0.2) is 5.91 Å². The molecule has 0 aliphatic heterocycles. The van der Waals surface area contributed by atoms with Crippen LogP contribution >= 0.6 is 23.2 Å². The molecular formula is C15H14Cl2N2O. The Bertz CT molecular complexity index is 623. The standard InChI is InChI=1S/C15H14Cl2N2O/c1-9(10-3-2-4-12(16)5-10)19-15(20)11-6-13(17)8-14(18)7-11/h2-9H,18H2,1H3,(H,19,20)/t9-/m1/s1. The fourth-order valence-electron chi connectivity index (χ4n) is 1.88. The van der Waals surface area contributed by atoms with Gasteiger partial charge in [-0.05, 0) is 42.8 Å². The third kappa shape index (κ3) is 3.65. The Hall–Kier alpha value is -1.71. The van der Waals surface area contributed by atoms with Gasteiger partial charge in [-0.3, -0.25) is 4.79 Å². The zero-order valence-electron chi connectivity index (χ0n) is 10.9. The number of benzene rings is 2. The van der Waals surface area contributed by atoms with Crippen molar-refractivity contribution in [1.29, 1.82) is 0 Å². The Morgan fingerprint density at radius 1 is 1.15 bits per heavy atom. The van der Waals surface area contributed by atoms with Crippen molar-refractivity contribution >= 4 is 34.8 Å². The lowest BCUT2D eigenvalue weighted by Gasteiger charge is -2.15. The van der Waals surface area contributed by atoms with E-state index in [9.17, 15) is 4.79 Å². The molecule has 0 unspecified atom stereocenters. The molecule has 0 saturated heterocycles. The number of nitrogen functional groups attached to an aromatic ring is 1. The first kappa shape index (κ1) is 14.7. The molecule has 2 rings (SSSR count). The smallest absolute Gasteiger partial charge is 0.251 e. The fraction of sp³-hybridized carbons (Fsp3) is 0.133. The molecule has 1 atom stereocenters. The van der Waals surface area contributed by atoms with Crippen molar-refractivity contribution in [2.24, 2.45) is 0 Å². The van der Waals surface area contributed by atoms with Gasteiger partial charge in [0.1, 0.15) is 0 Å². The lowest BCUT2D eigenvalue weighted by atomic mass is 10.1. The van der Waals surface area contributed by atoms with E-state index in [-0.39, 0.29) is 11.9 Å². The summed E-state index contributed by atoms with van der Waals surface area (Å²) in [5.74, 6) is -0.230. The van der Waals surface area contributed by atoms with E-state index in [1.165, 1.54) is 0 Å². The molecule has 0 heterocycles. The molecule has 0 aliphatic rings. The number of halogens is 2. The summed E-state index contributed by atoms with van der Waals surface area (Å²) >= 11 is 11.8. The lowest BCUT2D eigenvalue weighted by molar-refractivity contribution is 0.0940. The molecule has 0 radical (unpaired) electrons. The van der Waals surface area contributed by atoms with Gasteiger partial charge in [0.2, 0.25) is 0 Å². The third-order valence-corrected chi connectivity index (χ3v) is 3.33. The normalized spacial score (nSPS) is 11.9. The third-order valence-electron chi connectivity index (χ3n) is 2.88. The van der Waals surface area contributed by atoms with E-state index in [2.05, 4.69) is 5.32 Å². The number of hydrogen-bond acceptors (Lipinski definition) is 2. The summed E-state index contributed by atoms with van der Waals surface area (Å²) < 4.78 is 0. The summed E-state index contributed by atoms with van der Waals surface area (Å²) in [5.41, 5.74) is 7.50. The average Bonchev–Trinajstić information content (AvgIpc) is 2.37. The second-order valence-electron chi connectivity index (χ2n) is 4.52. The summed E-state index contributed by atoms with van der Waals surface area (Å²) in [7, 11) is 0. The van der Waals surface area contributed by atoms with Crippen molar-refractivity contribution in [1.82, 2.24) is 5.32 Å². The monoisotopic (exact) mass is 308 g/mol. The van der Waals surface area contributed by atoms with Crippen LogP contribution in [0.15, 0.2) is 42.5 Å². The first-order valence-corrected chi connectivity index (χ1v) is 6.83. The van der Waals surface area contributed by atoms with E-state index in [0.29, 0.717) is 21.3 Å².